The summed E-state index contributed by atoms with van der Waals surface area (Å²) in [5.41, 5.74) is 7.67. The van der Waals surface area contributed by atoms with E-state index >= 15 is 0 Å². The van der Waals surface area contributed by atoms with Gasteiger partial charge in [-0.2, -0.15) is 5.10 Å². The summed E-state index contributed by atoms with van der Waals surface area (Å²) in [5, 5.41) is 19.7. The Morgan fingerprint density at radius 2 is 2.27 bits per heavy atom. The Balaban J connectivity index is 2.54. The maximum absolute atomic E-state index is 11.2. The number of aliphatic hydroxyl groups is 1. The molecule has 2 rings (SSSR count). The number of hydrogen-bond donors (Lipinski definition) is 1. The third kappa shape index (κ3) is 3.34. The van der Waals surface area contributed by atoms with E-state index in [1.165, 1.54) is 23.4 Å². The summed E-state index contributed by atoms with van der Waals surface area (Å²) >= 11 is 12.1. The third-order valence-electron chi connectivity index (χ3n) is 3.40. The van der Waals surface area contributed by atoms with Gasteiger partial charge in [0.2, 0.25) is 0 Å². The topological polar surface area (TPSA) is 99.7 Å². The number of azide groups is 1. The van der Waals surface area contributed by atoms with Crippen molar-refractivity contribution in [2.45, 2.75) is 31.5 Å². The van der Waals surface area contributed by atoms with Crippen LogP contribution >= 0.6 is 23.2 Å². The van der Waals surface area contributed by atoms with Crippen molar-refractivity contribution >= 4 is 23.2 Å². The quantitative estimate of drug-likeness (QED) is 0.494. The van der Waals surface area contributed by atoms with Crippen molar-refractivity contribution in [2.75, 3.05) is 0 Å². The van der Waals surface area contributed by atoms with E-state index in [0.29, 0.717) is 22.0 Å². The molecular weight excluding hydrogens is 327 g/mol. The lowest BCUT2D eigenvalue weighted by molar-refractivity contribution is -0.0114. The summed E-state index contributed by atoms with van der Waals surface area (Å²) in [6, 6.07) is 4.06. The van der Waals surface area contributed by atoms with Crippen molar-refractivity contribution in [3.63, 3.8) is 0 Å². The summed E-state index contributed by atoms with van der Waals surface area (Å²) in [7, 11) is 0. The second-order valence-electron chi connectivity index (χ2n) is 4.77. The first-order valence-corrected chi connectivity index (χ1v) is 7.31. The Kier molecular flexibility index (Phi) is 5.26. The van der Waals surface area contributed by atoms with E-state index in [2.05, 4.69) is 20.1 Å². The first-order valence-electron chi connectivity index (χ1n) is 6.55. The van der Waals surface area contributed by atoms with Crippen LogP contribution in [0.3, 0.4) is 0 Å². The summed E-state index contributed by atoms with van der Waals surface area (Å²) in [4.78, 5) is 6.68. The molecule has 22 heavy (non-hydrogen) atoms. The van der Waals surface area contributed by atoms with Crippen LogP contribution in [0.15, 0.2) is 36.0 Å². The van der Waals surface area contributed by atoms with Crippen molar-refractivity contribution in [1.82, 2.24) is 14.8 Å². The van der Waals surface area contributed by atoms with Crippen molar-refractivity contribution < 1.29 is 5.11 Å². The van der Waals surface area contributed by atoms with Gasteiger partial charge in [-0.1, -0.05) is 41.3 Å². The fraction of sp³-hybridized carbons (Fsp3) is 0.385. The second-order valence-corrected chi connectivity index (χ2v) is 5.61. The number of hydrogen-bond acceptors (Lipinski definition) is 4. The average molecular weight is 341 g/mol. The molecule has 0 aliphatic rings. The van der Waals surface area contributed by atoms with E-state index in [0.717, 1.165) is 0 Å². The summed E-state index contributed by atoms with van der Waals surface area (Å²) < 4.78 is 1.46. The molecule has 1 N–H and O–H groups in total. The van der Waals surface area contributed by atoms with Gasteiger partial charge in [0.25, 0.3) is 0 Å². The first-order chi connectivity index (χ1) is 10.5. The number of rotatable bonds is 6. The minimum atomic E-state index is -1.53. The van der Waals surface area contributed by atoms with Crippen LogP contribution in [0.1, 0.15) is 18.9 Å². The Morgan fingerprint density at radius 3 is 2.82 bits per heavy atom. The van der Waals surface area contributed by atoms with Gasteiger partial charge in [0, 0.05) is 20.5 Å². The van der Waals surface area contributed by atoms with Gasteiger partial charge in [0.05, 0.1) is 12.6 Å². The molecule has 1 aromatic carbocycles. The van der Waals surface area contributed by atoms with Gasteiger partial charge in [-0.3, -0.25) is 0 Å². The molecule has 7 nitrogen and oxygen atoms in total. The molecule has 0 radical (unpaired) electrons. The van der Waals surface area contributed by atoms with Crippen molar-refractivity contribution in [1.29, 1.82) is 0 Å². The Labute approximate surface area is 137 Å². The minimum Gasteiger partial charge on any atom is -0.383 e. The molecule has 2 unspecified atom stereocenters. The minimum absolute atomic E-state index is 0.0475. The molecule has 0 aliphatic heterocycles. The monoisotopic (exact) mass is 340 g/mol. The Morgan fingerprint density at radius 1 is 1.50 bits per heavy atom. The highest BCUT2D eigenvalue weighted by Crippen LogP contribution is 2.36. The zero-order valence-corrected chi connectivity index (χ0v) is 13.3. The number of benzene rings is 1. The lowest BCUT2D eigenvalue weighted by Crippen LogP contribution is -2.42. The molecule has 0 spiro atoms. The standard InChI is InChI=1S/C13H14Cl2N6O/c1-2-12(19-20-16)13(22,6-21-8-17-7-18-21)10-4-3-9(14)5-11(10)15/h3-5,7-8,12,22H,2,6H2,1H3. The smallest absolute Gasteiger partial charge is 0.137 e. The van der Waals surface area contributed by atoms with E-state index in [1.54, 1.807) is 12.1 Å². The Hall–Kier alpha value is -1.79. The summed E-state index contributed by atoms with van der Waals surface area (Å²) in [6.07, 6.45) is 3.25. The van der Waals surface area contributed by atoms with Crippen LogP contribution in [0.2, 0.25) is 10.0 Å². The highest BCUT2D eigenvalue weighted by atomic mass is 35.5. The normalized spacial score (nSPS) is 14.9. The van der Waals surface area contributed by atoms with E-state index < -0.39 is 11.6 Å². The number of aromatic nitrogens is 3. The van der Waals surface area contributed by atoms with E-state index in [-0.39, 0.29) is 6.54 Å². The van der Waals surface area contributed by atoms with Gasteiger partial charge >= 0.3 is 0 Å². The molecule has 0 saturated heterocycles. The fourth-order valence-electron chi connectivity index (χ4n) is 2.35. The third-order valence-corrected chi connectivity index (χ3v) is 3.94. The molecule has 9 heteroatoms. The highest BCUT2D eigenvalue weighted by molar-refractivity contribution is 6.35. The van der Waals surface area contributed by atoms with Crippen LogP contribution in [-0.2, 0) is 12.1 Å². The van der Waals surface area contributed by atoms with Crippen molar-refractivity contribution in [2.24, 2.45) is 5.11 Å². The van der Waals surface area contributed by atoms with Gasteiger partial charge in [0.15, 0.2) is 0 Å². The summed E-state index contributed by atoms with van der Waals surface area (Å²) in [5.74, 6) is 0. The molecule has 0 amide bonds. The van der Waals surface area contributed by atoms with E-state index in [4.69, 9.17) is 28.7 Å². The number of halogens is 2. The average Bonchev–Trinajstić information content (AvgIpc) is 2.97. The molecule has 116 valence electrons. The van der Waals surface area contributed by atoms with Gasteiger partial charge < -0.3 is 5.11 Å². The fourth-order valence-corrected chi connectivity index (χ4v) is 2.92. The van der Waals surface area contributed by atoms with E-state index in [9.17, 15) is 5.11 Å². The number of nitrogens with zero attached hydrogens (tertiary/aromatic N) is 6. The first kappa shape index (κ1) is 16.6. The van der Waals surface area contributed by atoms with Crippen LogP contribution in [0.5, 0.6) is 0 Å². The molecule has 0 saturated carbocycles. The maximum Gasteiger partial charge on any atom is 0.137 e. The molecule has 2 atom stereocenters. The molecule has 1 heterocycles. The largest absolute Gasteiger partial charge is 0.383 e. The van der Waals surface area contributed by atoms with Gasteiger partial charge in [0.1, 0.15) is 18.3 Å². The van der Waals surface area contributed by atoms with Crippen LogP contribution in [0.25, 0.3) is 10.4 Å². The highest BCUT2D eigenvalue weighted by Gasteiger charge is 2.39. The maximum atomic E-state index is 11.2. The zero-order valence-electron chi connectivity index (χ0n) is 11.8. The van der Waals surface area contributed by atoms with Gasteiger partial charge in [-0.15, -0.1) is 0 Å². The second kappa shape index (κ2) is 6.98. The SMILES string of the molecule is CCC(N=[N+]=[N-])C(O)(Cn1cncn1)c1ccc(Cl)cc1Cl. The molecule has 0 aliphatic carbocycles. The molecule has 0 fully saturated rings. The lowest BCUT2D eigenvalue weighted by atomic mass is 9.85. The van der Waals surface area contributed by atoms with Gasteiger partial charge in [-0.25, -0.2) is 9.67 Å². The van der Waals surface area contributed by atoms with Crippen molar-refractivity contribution in [3.8, 4) is 0 Å². The predicted molar refractivity (Wildman–Crippen MR) is 83.6 cm³/mol. The van der Waals surface area contributed by atoms with Gasteiger partial charge in [-0.05, 0) is 24.1 Å². The molecule has 2 aromatic rings. The van der Waals surface area contributed by atoms with Crippen LogP contribution in [0, 0.1) is 0 Å². The zero-order chi connectivity index (χ0) is 16.2. The lowest BCUT2D eigenvalue weighted by Gasteiger charge is -2.34. The van der Waals surface area contributed by atoms with E-state index in [1.807, 2.05) is 6.92 Å². The van der Waals surface area contributed by atoms with Crippen LogP contribution < -0.4 is 0 Å². The van der Waals surface area contributed by atoms with Crippen molar-refractivity contribution in [3.05, 3.63) is 56.9 Å². The molecule has 1 aromatic heterocycles. The Bertz CT molecular complexity index is 686. The summed E-state index contributed by atoms with van der Waals surface area (Å²) in [6.45, 7) is 1.86. The van der Waals surface area contributed by atoms with Crippen LogP contribution in [0.4, 0.5) is 0 Å². The molecule has 0 bridgehead atoms. The molecular formula is C13H14Cl2N6O. The predicted octanol–water partition coefficient (Wildman–Crippen LogP) is 3.56. The van der Waals surface area contributed by atoms with Crippen LogP contribution in [-0.4, -0.2) is 25.9 Å².